The maximum absolute atomic E-state index is 14.2. The second-order valence-electron chi connectivity index (χ2n) is 8.76. The van der Waals surface area contributed by atoms with Crippen LogP contribution in [0.15, 0.2) is 48.5 Å². The Morgan fingerprint density at radius 2 is 1.41 bits per heavy atom. The Morgan fingerprint density at radius 3 is 1.95 bits per heavy atom. The maximum atomic E-state index is 14.2. The zero-order chi connectivity index (χ0) is 28.3. The Labute approximate surface area is 227 Å². The normalized spacial score (nSPS) is 13.2. The van der Waals surface area contributed by atoms with Crippen LogP contribution < -0.4 is 20.3 Å². The first-order valence-electron chi connectivity index (χ1n) is 11.8. The van der Waals surface area contributed by atoms with Gasteiger partial charge in [-0.15, -0.1) is 0 Å². The topological polar surface area (TPSA) is 73.9 Å². The monoisotopic (exact) mass is 560 g/mol. The third kappa shape index (κ3) is 5.95. The summed E-state index contributed by atoms with van der Waals surface area (Å²) >= 11 is 5.01. The highest BCUT2D eigenvalue weighted by Crippen LogP contribution is 2.29. The van der Waals surface area contributed by atoms with Gasteiger partial charge in [-0.3, -0.25) is 14.9 Å². The Bertz CT molecular complexity index is 1380. The van der Waals surface area contributed by atoms with Crippen LogP contribution >= 0.6 is 12.2 Å². The highest BCUT2D eigenvalue weighted by molar-refractivity contribution is 7.80. The van der Waals surface area contributed by atoms with Crippen molar-refractivity contribution in [3.63, 3.8) is 0 Å². The van der Waals surface area contributed by atoms with Crippen molar-refractivity contribution < 1.29 is 31.9 Å². The zero-order valence-corrected chi connectivity index (χ0v) is 21.8. The third-order valence-electron chi connectivity index (χ3n) is 6.24. The largest absolute Gasteiger partial charge is 0.491 e. The molecule has 0 atom stereocenters. The summed E-state index contributed by atoms with van der Waals surface area (Å²) in [5.74, 6) is -10.2. The lowest BCUT2D eigenvalue weighted by molar-refractivity contribution is 0.0746. The number of nitrogens with one attached hydrogen (secondary N) is 2. The number of anilines is 2. The summed E-state index contributed by atoms with van der Waals surface area (Å²) in [5, 5.41) is 4.34. The molecule has 7 nitrogen and oxygen atoms in total. The molecule has 1 aliphatic heterocycles. The smallest absolute Gasteiger partial charge is 0.263 e. The van der Waals surface area contributed by atoms with Gasteiger partial charge in [-0.2, -0.15) is 8.78 Å². The van der Waals surface area contributed by atoms with Crippen LogP contribution in [0.5, 0.6) is 5.75 Å². The van der Waals surface area contributed by atoms with Gasteiger partial charge in [0.2, 0.25) is 11.6 Å². The van der Waals surface area contributed by atoms with E-state index in [1.54, 1.807) is 24.3 Å². The number of thiocarbonyl (C=S) groups is 1. The number of hydrogen-bond donors (Lipinski definition) is 2. The molecule has 2 N–H and O–H groups in total. The Morgan fingerprint density at radius 1 is 0.846 bits per heavy atom. The second-order valence-corrected chi connectivity index (χ2v) is 9.17. The molecule has 0 bridgehead atoms. The number of amides is 2. The van der Waals surface area contributed by atoms with Crippen LogP contribution in [-0.2, 0) is 0 Å². The van der Waals surface area contributed by atoms with Crippen molar-refractivity contribution in [2.75, 3.05) is 43.5 Å². The Balaban J connectivity index is 1.33. The summed E-state index contributed by atoms with van der Waals surface area (Å²) in [7, 11) is 0.831. The second kappa shape index (κ2) is 11.7. The van der Waals surface area contributed by atoms with E-state index in [1.165, 1.54) is 0 Å². The molecule has 0 aliphatic carbocycles. The Kier molecular flexibility index (Phi) is 8.34. The molecule has 2 amide bonds. The molecule has 1 aliphatic rings. The van der Waals surface area contributed by atoms with E-state index >= 15 is 0 Å². The number of carbonyl (C=O) groups is 2. The first kappa shape index (κ1) is 27.8. The summed E-state index contributed by atoms with van der Waals surface area (Å²) < 4.78 is 60.6. The van der Waals surface area contributed by atoms with Gasteiger partial charge >= 0.3 is 0 Å². The average molecular weight is 561 g/mol. The molecule has 1 heterocycles. The van der Waals surface area contributed by atoms with E-state index in [2.05, 4.69) is 15.0 Å². The van der Waals surface area contributed by atoms with Crippen molar-refractivity contribution in [1.29, 1.82) is 0 Å². The number of ether oxygens (including phenoxy) is 1. The van der Waals surface area contributed by atoms with Crippen molar-refractivity contribution in [2.45, 2.75) is 6.92 Å². The van der Waals surface area contributed by atoms with Crippen molar-refractivity contribution in [3.8, 4) is 5.75 Å². The first-order valence-corrected chi connectivity index (χ1v) is 12.2. The maximum Gasteiger partial charge on any atom is 0.263 e. The molecule has 3 aromatic rings. The van der Waals surface area contributed by atoms with Gasteiger partial charge in [-0.25, -0.2) is 8.78 Å². The van der Waals surface area contributed by atoms with Gasteiger partial charge in [-0.05, 0) is 55.5 Å². The number of methoxy groups -OCH3 is 1. The van der Waals surface area contributed by atoms with Crippen LogP contribution in [0.25, 0.3) is 0 Å². The fraction of sp³-hybridized carbons (Fsp3) is 0.222. The highest BCUT2D eigenvalue weighted by Gasteiger charge is 2.30. The number of benzene rings is 3. The lowest BCUT2D eigenvalue weighted by Gasteiger charge is -2.36. The molecule has 39 heavy (non-hydrogen) atoms. The minimum Gasteiger partial charge on any atom is -0.491 e. The molecule has 1 fully saturated rings. The van der Waals surface area contributed by atoms with E-state index in [-0.39, 0.29) is 11.0 Å². The SMILES string of the molecule is COc1c(F)c(F)c(C(=O)NC(=S)Nc2ccc(N3CCN(C(=O)c4ccc(C)cc4)CC3)cc2)c(F)c1F. The number of aryl methyl sites for hydroxylation is 1. The van der Waals surface area contributed by atoms with Crippen LogP contribution in [0.3, 0.4) is 0 Å². The van der Waals surface area contributed by atoms with Crippen molar-refractivity contribution in [3.05, 3.63) is 88.5 Å². The first-order chi connectivity index (χ1) is 18.6. The van der Waals surface area contributed by atoms with Crippen LogP contribution in [0.1, 0.15) is 26.3 Å². The fourth-order valence-corrected chi connectivity index (χ4v) is 4.33. The molecule has 0 saturated carbocycles. The molecular formula is C27H24F4N4O3S. The predicted octanol–water partition coefficient (Wildman–Crippen LogP) is 4.65. The predicted molar refractivity (Wildman–Crippen MR) is 142 cm³/mol. The number of halogens is 4. The molecule has 0 radical (unpaired) electrons. The number of piperazine rings is 1. The van der Waals surface area contributed by atoms with E-state index in [9.17, 15) is 27.2 Å². The van der Waals surface area contributed by atoms with E-state index in [0.29, 0.717) is 37.4 Å². The number of hydrogen-bond acceptors (Lipinski definition) is 5. The third-order valence-corrected chi connectivity index (χ3v) is 6.44. The highest BCUT2D eigenvalue weighted by atomic mass is 32.1. The molecule has 4 rings (SSSR count). The molecule has 0 spiro atoms. The van der Waals surface area contributed by atoms with E-state index in [1.807, 2.05) is 41.4 Å². The molecule has 0 aromatic heterocycles. The van der Waals surface area contributed by atoms with E-state index < -0.39 is 40.5 Å². The zero-order valence-electron chi connectivity index (χ0n) is 21.0. The van der Waals surface area contributed by atoms with Crippen LogP contribution in [0.2, 0.25) is 0 Å². The van der Waals surface area contributed by atoms with E-state index in [0.717, 1.165) is 18.4 Å². The summed E-state index contributed by atoms with van der Waals surface area (Å²) in [4.78, 5) is 29.0. The van der Waals surface area contributed by atoms with Gasteiger partial charge in [0.1, 0.15) is 5.56 Å². The standard InChI is InChI=1S/C27H24F4N4O3S/c1-15-3-5-16(6-4-15)26(37)35-13-11-34(12-14-35)18-9-7-17(8-10-18)32-27(39)33-25(36)19-20(28)22(30)24(38-2)23(31)21(19)29/h3-10H,11-14H2,1-2H3,(H2,32,33,36,39). The van der Waals surface area contributed by atoms with E-state index in [4.69, 9.17) is 12.2 Å². The van der Waals surface area contributed by atoms with Crippen molar-refractivity contribution in [2.24, 2.45) is 0 Å². The Hall–Kier alpha value is -4.19. The van der Waals surface area contributed by atoms with Crippen LogP contribution in [-0.4, -0.2) is 55.1 Å². The number of rotatable bonds is 5. The molecule has 1 saturated heterocycles. The van der Waals surface area contributed by atoms with Gasteiger partial charge in [0.25, 0.3) is 11.8 Å². The van der Waals surface area contributed by atoms with Crippen molar-refractivity contribution >= 4 is 40.5 Å². The lowest BCUT2D eigenvalue weighted by Crippen LogP contribution is -2.48. The van der Waals surface area contributed by atoms with Gasteiger partial charge in [0.05, 0.1) is 7.11 Å². The summed E-state index contributed by atoms with van der Waals surface area (Å²) in [5.41, 5.74) is 1.62. The summed E-state index contributed by atoms with van der Waals surface area (Å²) in [6.07, 6.45) is 0. The molecule has 12 heteroatoms. The fourth-order valence-electron chi connectivity index (χ4n) is 4.12. The number of carbonyl (C=O) groups excluding carboxylic acids is 2. The van der Waals surface area contributed by atoms with Crippen LogP contribution in [0, 0.1) is 30.2 Å². The minimum atomic E-state index is -1.91. The molecule has 0 unspecified atom stereocenters. The lowest BCUT2D eigenvalue weighted by atomic mass is 10.1. The van der Waals surface area contributed by atoms with Gasteiger partial charge in [-0.1, -0.05) is 17.7 Å². The quantitative estimate of drug-likeness (QED) is 0.269. The molecular weight excluding hydrogens is 536 g/mol. The van der Waals surface area contributed by atoms with Gasteiger partial charge in [0, 0.05) is 43.1 Å². The van der Waals surface area contributed by atoms with Crippen LogP contribution in [0.4, 0.5) is 28.9 Å². The molecule has 204 valence electrons. The summed E-state index contributed by atoms with van der Waals surface area (Å²) in [6, 6.07) is 14.4. The summed E-state index contributed by atoms with van der Waals surface area (Å²) in [6.45, 7) is 4.34. The molecule has 3 aromatic carbocycles. The number of nitrogens with zero attached hydrogens (tertiary/aromatic N) is 2. The van der Waals surface area contributed by atoms with Gasteiger partial charge in [0.15, 0.2) is 22.5 Å². The van der Waals surface area contributed by atoms with Gasteiger partial charge < -0.3 is 19.9 Å². The minimum absolute atomic E-state index is 0.00960. The average Bonchev–Trinajstić information content (AvgIpc) is 2.93. The van der Waals surface area contributed by atoms with Crippen molar-refractivity contribution in [1.82, 2.24) is 10.2 Å².